The van der Waals surface area contributed by atoms with Gasteiger partial charge in [-0.2, -0.15) is 17.0 Å². The Hall–Kier alpha value is -1.29. The second-order valence-corrected chi connectivity index (χ2v) is 7.64. The number of aromatic nitrogens is 2. The summed E-state index contributed by atoms with van der Waals surface area (Å²) in [5, 5.41) is 3.00. The zero-order valence-corrected chi connectivity index (χ0v) is 14.3. The van der Waals surface area contributed by atoms with Crippen LogP contribution in [0.3, 0.4) is 0 Å². The maximum absolute atomic E-state index is 12.9. The molecule has 0 unspecified atom stereocenters. The van der Waals surface area contributed by atoms with Crippen molar-refractivity contribution in [2.45, 2.75) is 25.8 Å². The van der Waals surface area contributed by atoms with Crippen molar-refractivity contribution in [3.63, 3.8) is 0 Å². The third-order valence-corrected chi connectivity index (χ3v) is 6.30. The summed E-state index contributed by atoms with van der Waals surface area (Å²) in [6.45, 7) is 4.08. The van der Waals surface area contributed by atoms with Crippen molar-refractivity contribution in [3.05, 3.63) is 17.6 Å². The van der Waals surface area contributed by atoms with Gasteiger partial charge in [-0.25, -0.2) is 9.97 Å². The zero-order valence-electron chi connectivity index (χ0n) is 13.5. The molecule has 8 nitrogen and oxygen atoms in total. The van der Waals surface area contributed by atoms with Gasteiger partial charge in [0.2, 0.25) is 0 Å². The molecule has 3 rings (SSSR count). The molecule has 2 aliphatic rings. The molecule has 2 fully saturated rings. The molecule has 2 aliphatic heterocycles. The van der Waals surface area contributed by atoms with E-state index in [0.29, 0.717) is 44.5 Å². The van der Waals surface area contributed by atoms with Crippen LogP contribution < -0.4 is 5.32 Å². The van der Waals surface area contributed by atoms with Crippen molar-refractivity contribution in [2.24, 2.45) is 0 Å². The van der Waals surface area contributed by atoms with Crippen molar-refractivity contribution in [3.8, 4) is 0 Å². The van der Waals surface area contributed by atoms with E-state index in [1.54, 1.807) is 11.4 Å². The first-order valence-electron chi connectivity index (χ1n) is 7.90. The fourth-order valence-corrected chi connectivity index (χ4v) is 4.93. The molecule has 1 N–H and O–H groups in total. The molecule has 1 aromatic rings. The van der Waals surface area contributed by atoms with Crippen LogP contribution in [0, 0.1) is 6.92 Å². The summed E-state index contributed by atoms with van der Waals surface area (Å²) in [7, 11) is -1.69. The predicted octanol–water partition coefficient (Wildman–Crippen LogP) is 0.541. The second-order valence-electron chi connectivity index (χ2n) is 5.76. The Bertz CT molecular complexity index is 660. The first-order chi connectivity index (χ1) is 11.0. The summed E-state index contributed by atoms with van der Waals surface area (Å²) >= 11 is 0. The van der Waals surface area contributed by atoms with Gasteiger partial charge in [0.05, 0.1) is 24.9 Å². The quantitative estimate of drug-likeness (QED) is 0.860. The van der Waals surface area contributed by atoms with Crippen molar-refractivity contribution < 1.29 is 13.2 Å². The van der Waals surface area contributed by atoms with Gasteiger partial charge >= 0.3 is 0 Å². The van der Waals surface area contributed by atoms with Gasteiger partial charge in [-0.05, 0) is 19.8 Å². The molecule has 23 heavy (non-hydrogen) atoms. The average molecular weight is 341 g/mol. The van der Waals surface area contributed by atoms with Crippen molar-refractivity contribution >= 4 is 16.0 Å². The van der Waals surface area contributed by atoms with E-state index in [4.69, 9.17) is 4.74 Å². The van der Waals surface area contributed by atoms with Crippen LogP contribution in [0.2, 0.25) is 0 Å². The summed E-state index contributed by atoms with van der Waals surface area (Å²) in [5.74, 6) is 1.35. The highest BCUT2D eigenvalue weighted by atomic mass is 32.2. The number of aryl methyl sites for hydroxylation is 1. The lowest BCUT2D eigenvalue weighted by molar-refractivity contribution is 0.0698. The lowest BCUT2D eigenvalue weighted by Gasteiger charge is -2.32. The van der Waals surface area contributed by atoms with Crippen LogP contribution in [-0.2, 0) is 14.9 Å². The Morgan fingerprint density at radius 3 is 2.70 bits per heavy atom. The topological polar surface area (TPSA) is 87.7 Å². The molecule has 128 valence electrons. The van der Waals surface area contributed by atoms with Crippen LogP contribution >= 0.6 is 0 Å². The minimum atomic E-state index is -3.49. The molecule has 3 heterocycles. The number of morpholine rings is 1. The minimum absolute atomic E-state index is 0.225. The van der Waals surface area contributed by atoms with Gasteiger partial charge in [-0.3, -0.25) is 0 Å². The van der Waals surface area contributed by atoms with E-state index in [9.17, 15) is 8.42 Å². The molecular formula is C14H23N5O3S. The van der Waals surface area contributed by atoms with E-state index in [1.807, 2.05) is 13.0 Å². The highest BCUT2D eigenvalue weighted by Crippen LogP contribution is 2.35. The van der Waals surface area contributed by atoms with E-state index in [1.165, 1.54) is 4.31 Å². The van der Waals surface area contributed by atoms with Crippen molar-refractivity contribution in [1.82, 2.24) is 18.6 Å². The van der Waals surface area contributed by atoms with Crippen LogP contribution in [0.25, 0.3) is 0 Å². The van der Waals surface area contributed by atoms with Crippen molar-refractivity contribution in [2.75, 3.05) is 45.2 Å². The van der Waals surface area contributed by atoms with Crippen LogP contribution in [0.15, 0.2) is 6.07 Å². The highest BCUT2D eigenvalue weighted by molar-refractivity contribution is 7.86. The molecule has 0 spiro atoms. The Balaban J connectivity index is 1.89. The van der Waals surface area contributed by atoms with E-state index < -0.39 is 10.2 Å². The molecule has 0 bridgehead atoms. The van der Waals surface area contributed by atoms with E-state index in [2.05, 4.69) is 15.3 Å². The van der Waals surface area contributed by atoms with E-state index in [0.717, 1.165) is 18.5 Å². The number of anilines is 1. The number of rotatable bonds is 4. The molecule has 0 saturated carbocycles. The van der Waals surface area contributed by atoms with Gasteiger partial charge in [-0.15, -0.1) is 0 Å². The second kappa shape index (κ2) is 6.68. The SMILES string of the molecule is CNc1cc([C@@H]2CCCN2S(=O)(=O)N2CCOCC2)nc(C)n1. The predicted molar refractivity (Wildman–Crippen MR) is 86.3 cm³/mol. The standard InChI is InChI=1S/C14H23N5O3S/c1-11-16-12(10-14(15-2)17-11)13-4-3-5-19(13)23(20,21)18-6-8-22-9-7-18/h10,13H,3-9H2,1-2H3,(H,15,16,17)/t13-/m0/s1. The number of ether oxygens (including phenoxy) is 1. The van der Waals surface area contributed by atoms with E-state index >= 15 is 0 Å². The maximum Gasteiger partial charge on any atom is 0.282 e. The Morgan fingerprint density at radius 1 is 1.26 bits per heavy atom. The average Bonchev–Trinajstić information content (AvgIpc) is 3.05. The lowest BCUT2D eigenvalue weighted by Crippen LogP contribution is -2.48. The fraction of sp³-hybridized carbons (Fsp3) is 0.714. The summed E-state index contributed by atoms with van der Waals surface area (Å²) in [5.41, 5.74) is 0.760. The van der Waals surface area contributed by atoms with E-state index in [-0.39, 0.29) is 6.04 Å². The van der Waals surface area contributed by atoms with Gasteiger partial charge in [-0.1, -0.05) is 0 Å². The minimum Gasteiger partial charge on any atom is -0.379 e. The molecule has 0 aromatic carbocycles. The van der Waals surface area contributed by atoms with Crippen LogP contribution in [0.1, 0.15) is 30.4 Å². The van der Waals surface area contributed by atoms with Crippen LogP contribution in [-0.4, -0.2) is 66.9 Å². The first-order valence-corrected chi connectivity index (χ1v) is 9.30. The summed E-state index contributed by atoms with van der Waals surface area (Å²) in [4.78, 5) is 8.76. The summed E-state index contributed by atoms with van der Waals surface area (Å²) in [6, 6.07) is 1.61. The molecule has 1 aromatic heterocycles. The Labute approximate surface area is 137 Å². The summed E-state index contributed by atoms with van der Waals surface area (Å²) in [6.07, 6.45) is 1.62. The molecule has 1 atom stereocenters. The van der Waals surface area contributed by atoms with Crippen LogP contribution in [0.5, 0.6) is 0 Å². The van der Waals surface area contributed by atoms with Crippen molar-refractivity contribution in [1.29, 1.82) is 0 Å². The van der Waals surface area contributed by atoms with Gasteiger partial charge in [0.25, 0.3) is 10.2 Å². The lowest BCUT2D eigenvalue weighted by atomic mass is 10.1. The maximum atomic E-state index is 12.9. The van der Waals surface area contributed by atoms with Gasteiger partial charge in [0.15, 0.2) is 0 Å². The zero-order chi connectivity index (χ0) is 16.4. The molecular weight excluding hydrogens is 318 g/mol. The molecule has 0 aliphatic carbocycles. The molecule has 9 heteroatoms. The largest absolute Gasteiger partial charge is 0.379 e. The number of nitrogens with zero attached hydrogens (tertiary/aromatic N) is 4. The van der Waals surface area contributed by atoms with Gasteiger partial charge in [0, 0.05) is 32.7 Å². The van der Waals surface area contributed by atoms with Gasteiger partial charge < -0.3 is 10.1 Å². The third-order valence-electron chi connectivity index (χ3n) is 4.25. The number of hydrogen-bond acceptors (Lipinski definition) is 6. The third kappa shape index (κ3) is 3.32. The Morgan fingerprint density at radius 2 is 2.00 bits per heavy atom. The smallest absolute Gasteiger partial charge is 0.282 e. The molecule has 2 saturated heterocycles. The first kappa shape index (κ1) is 16.6. The van der Waals surface area contributed by atoms with Crippen LogP contribution in [0.4, 0.5) is 5.82 Å². The van der Waals surface area contributed by atoms with Gasteiger partial charge in [0.1, 0.15) is 11.6 Å². The molecule has 0 amide bonds. The monoisotopic (exact) mass is 341 g/mol. The summed E-state index contributed by atoms with van der Waals surface area (Å²) < 4.78 is 34.3. The normalized spacial score (nSPS) is 24.0. The Kier molecular flexibility index (Phi) is 4.81. The number of hydrogen-bond donors (Lipinski definition) is 1. The number of nitrogens with one attached hydrogen (secondary N) is 1. The highest BCUT2D eigenvalue weighted by Gasteiger charge is 2.40. The fourth-order valence-electron chi connectivity index (χ4n) is 3.13. The molecule has 0 radical (unpaired) electrons.